The Balaban J connectivity index is 1.71. The molecule has 3 rings (SSSR count). The highest BCUT2D eigenvalue weighted by Crippen LogP contribution is 2.41. The van der Waals surface area contributed by atoms with E-state index in [1.807, 2.05) is 55.7 Å². The van der Waals surface area contributed by atoms with Crippen LogP contribution in [0.4, 0.5) is 8.78 Å². The van der Waals surface area contributed by atoms with E-state index in [0.29, 0.717) is 17.8 Å². The Morgan fingerprint density at radius 3 is 2.38 bits per heavy atom. The van der Waals surface area contributed by atoms with Crippen molar-refractivity contribution in [3.05, 3.63) is 83.7 Å². The summed E-state index contributed by atoms with van der Waals surface area (Å²) in [5.41, 5.74) is 7.59. The van der Waals surface area contributed by atoms with Gasteiger partial charge in [0.05, 0.1) is 25.7 Å². The topological polar surface area (TPSA) is 173 Å². The van der Waals surface area contributed by atoms with E-state index < -0.39 is 64.3 Å². The number of nitrogens with zero attached hydrogens (tertiary/aromatic N) is 2. The monoisotopic (exact) mass is 803 g/mol. The van der Waals surface area contributed by atoms with Crippen LogP contribution >= 0.6 is 15.9 Å². The SMILES string of the molecule is COC(=O)C(Br)CC(=O)NCC(=O)CCCNC(=O)[C@@H](N)CCN(C(=O)CO)[C@@H](c1cc(-c2cc(F)ccc2F)cn1Cc1ccccc1)C(C)(C)C. The summed E-state index contributed by atoms with van der Waals surface area (Å²) < 4.78 is 35.7. The summed E-state index contributed by atoms with van der Waals surface area (Å²) in [5, 5.41) is 15.2. The van der Waals surface area contributed by atoms with Gasteiger partial charge in [0.1, 0.15) is 23.1 Å². The predicted molar refractivity (Wildman–Crippen MR) is 199 cm³/mol. The van der Waals surface area contributed by atoms with E-state index >= 15 is 0 Å². The van der Waals surface area contributed by atoms with Crippen LogP contribution in [-0.4, -0.2) is 88.3 Å². The molecule has 1 heterocycles. The van der Waals surface area contributed by atoms with E-state index in [9.17, 15) is 37.9 Å². The van der Waals surface area contributed by atoms with Crippen LogP contribution in [0.25, 0.3) is 11.1 Å². The minimum Gasteiger partial charge on any atom is -0.468 e. The van der Waals surface area contributed by atoms with E-state index in [2.05, 4.69) is 31.3 Å². The summed E-state index contributed by atoms with van der Waals surface area (Å²) in [5.74, 6) is -3.70. The molecule has 0 saturated carbocycles. The first-order chi connectivity index (χ1) is 25.0. The molecule has 0 aliphatic heterocycles. The number of rotatable bonds is 19. The molecule has 3 amide bonds. The number of aromatic nitrogens is 1. The number of nitrogens with one attached hydrogen (secondary N) is 2. The van der Waals surface area contributed by atoms with Crippen LogP contribution in [0.5, 0.6) is 0 Å². The van der Waals surface area contributed by atoms with Crippen LogP contribution in [0.1, 0.15) is 63.8 Å². The molecule has 0 radical (unpaired) electrons. The van der Waals surface area contributed by atoms with E-state index in [1.54, 1.807) is 12.3 Å². The number of ketones is 1. The zero-order valence-corrected chi connectivity index (χ0v) is 32.0. The van der Waals surface area contributed by atoms with Gasteiger partial charge in [-0.15, -0.1) is 0 Å². The number of alkyl halides is 1. The van der Waals surface area contributed by atoms with Gasteiger partial charge < -0.3 is 35.7 Å². The highest BCUT2D eigenvalue weighted by Gasteiger charge is 2.37. The Kier molecular flexibility index (Phi) is 16.3. The molecule has 3 atom stereocenters. The summed E-state index contributed by atoms with van der Waals surface area (Å²) in [7, 11) is 1.20. The number of aliphatic hydroxyl groups excluding tert-OH is 1. The minimum absolute atomic E-state index is 0.0144. The van der Waals surface area contributed by atoms with Crippen molar-refractivity contribution in [2.75, 3.05) is 33.4 Å². The van der Waals surface area contributed by atoms with Crippen molar-refractivity contribution in [1.82, 2.24) is 20.1 Å². The molecular formula is C38H48BrF2N5O7. The lowest BCUT2D eigenvalue weighted by Gasteiger charge is -2.41. The second-order valence-electron chi connectivity index (χ2n) is 13.7. The summed E-state index contributed by atoms with van der Waals surface area (Å²) in [6.07, 6.45) is 1.90. The summed E-state index contributed by atoms with van der Waals surface area (Å²) >= 11 is 3.05. The number of ether oxygens (including phenoxy) is 1. The average Bonchev–Trinajstić information content (AvgIpc) is 3.52. The Morgan fingerprint density at radius 2 is 1.74 bits per heavy atom. The molecule has 1 aromatic heterocycles. The third kappa shape index (κ3) is 12.9. The predicted octanol–water partition coefficient (Wildman–Crippen LogP) is 4.02. The fourth-order valence-corrected chi connectivity index (χ4v) is 6.35. The first-order valence-corrected chi connectivity index (χ1v) is 18.1. The lowest BCUT2D eigenvalue weighted by atomic mass is 9.82. The van der Waals surface area contributed by atoms with E-state index in [4.69, 9.17) is 5.73 Å². The number of amides is 3. The van der Waals surface area contributed by atoms with Crippen LogP contribution in [0, 0.1) is 17.0 Å². The Morgan fingerprint density at radius 1 is 1.04 bits per heavy atom. The zero-order valence-electron chi connectivity index (χ0n) is 30.4. The zero-order chi connectivity index (χ0) is 39.3. The highest BCUT2D eigenvalue weighted by atomic mass is 79.9. The van der Waals surface area contributed by atoms with Crippen molar-refractivity contribution in [1.29, 1.82) is 0 Å². The molecule has 0 fully saturated rings. The van der Waals surface area contributed by atoms with Crippen LogP contribution in [0.15, 0.2) is 60.8 Å². The van der Waals surface area contributed by atoms with Gasteiger partial charge in [0.2, 0.25) is 17.7 Å². The lowest BCUT2D eigenvalue weighted by Crippen LogP contribution is -2.47. The first kappa shape index (κ1) is 42.9. The van der Waals surface area contributed by atoms with Gasteiger partial charge in [0.25, 0.3) is 0 Å². The van der Waals surface area contributed by atoms with Crippen LogP contribution in [-0.2, 0) is 35.3 Å². The molecule has 0 aliphatic rings. The van der Waals surface area contributed by atoms with Gasteiger partial charge in [-0.1, -0.05) is 67.0 Å². The van der Waals surface area contributed by atoms with E-state index in [-0.39, 0.29) is 56.7 Å². The van der Waals surface area contributed by atoms with Crippen molar-refractivity contribution >= 4 is 45.4 Å². The Labute approximate surface area is 316 Å². The molecule has 0 bridgehead atoms. The van der Waals surface area contributed by atoms with Crippen molar-refractivity contribution in [3.8, 4) is 11.1 Å². The average molecular weight is 805 g/mol. The molecule has 3 aromatic rings. The number of nitrogens with two attached hydrogens (primary N) is 1. The van der Waals surface area contributed by atoms with Gasteiger partial charge >= 0.3 is 5.97 Å². The Hall–Kier alpha value is -4.47. The molecule has 5 N–H and O–H groups in total. The number of aliphatic hydroxyl groups is 1. The number of halogens is 3. The number of carbonyl (C=O) groups is 5. The number of methoxy groups -OCH3 is 1. The highest BCUT2D eigenvalue weighted by molar-refractivity contribution is 9.10. The van der Waals surface area contributed by atoms with E-state index in [0.717, 1.165) is 23.8 Å². The second kappa shape index (κ2) is 20.1. The first-order valence-electron chi connectivity index (χ1n) is 17.2. The van der Waals surface area contributed by atoms with Crippen molar-refractivity contribution < 1.29 is 42.6 Å². The molecule has 2 aromatic carbocycles. The normalized spacial score (nSPS) is 13.1. The number of esters is 1. The number of Topliss-reactive ketones (excluding diaryl/α,β-unsaturated/α-hetero) is 1. The molecule has 15 heteroatoms. The summed E-state index contributed by atoms with van der Waals surface area (Å²) in [6.45, 7) is 5.17. The molecule has 0 saturated heterocycles. The van der Waals surface area contributed by atoms with Gasteiger partial charge in [0, 0.05) is 55.5 Å². The smallest absolute Gasteiger partial charge is 0.319 e. The number of hydrogen-bond acceptors (Lipinski definition) is 8. The molecular weight excluding hydrogens is 756 g/mol. The maximum absolute atomic E-state index is 15.0. The van der Waals surface area contributed by atoms with Crippen molar-refractivity contribution in [2.24, 2.45) is 11.1 Å². The van der Waals surface area contributed by atoms with Crippen LogP contribution in [0.2, 0.25) is 0 Å². The number of benzene rings is 2. The molecule has 288 valence electrons. The minimum atomic E-state index is -1.04. The number of carbonyl (C=O) groups excluding carboxylic acids is 5. The van der Waals surface area contributed by atoms with Crippen LogP contribution < -0.4 is 16.4 Å². The molecule has 53 heavy (non-hydrogen) atoms. The van der Waals surface area contributed by atoms with Gasteiger partial charge in [-0.05, 0) is 48.1 Å². The maximum Gasteiger partial charge on any atom is 0.319 e. The lowest BCUT2D eigenvalue weighted by molar-refractivity contribution is -0.141. The maximum atomic E-state index is 15.0. The second-order valence-corrected chi connectivity index (χ2v) is 14.8. The molecule has 0 aliphatic carbocycles. The fourth-order valence-electron chi connectivity index (χ4n) is 5.87. The fraction of sp³-hybridized carbons (Fsp3) is 0.447. The van der Waals surface area contributed by atoms with Crippen molar-refractivity contribution in [2.45, 2.75) is 69.9 Å². The standard InChI is InChI=1S/C38H48BrF2N5O7/c1-38(2,3)35(32-17-25(28-18-26(40)12-13-30(28)41)22-45(32)21-24-9-6-5-7-10-24)46(34(50)23-47)16-14-31(42)36(51)43-15-8-11-27(48)20-44-33(49)19-29(39)37(52)53-4/h5-7,9-10,12-13,17-18,22,29,31,35,47H,8,11,14-16,19-21,23,42H2,1-4H3,(H,43,51)(H,44,49)/t29?,31-,35-/m0/s1. The van der Waals surface area contributed by atoms with E-state index in [1.165, 1.54) is 12.0 Å². The largest absolute Gasteiger partial charge is 0.468 e. The third-order valence-corrected chi connectivity index (χ3v) is 9.18. The summed E-state index contributed by atoms with van der Waals surface area (Å²) in [6, 6.07) is 12.7. The Bertz CT molecular complexity index is 1730. The van der Waals surface area contributed by atoms with Gasteiger partial charge in [0.15, 0.2) is 5.78 Å². The van der Waals surface area contributed by atoms with Gasteiger partial charge in [-0.3, -0.25) is 24.0 Å². The molecule has 1 unspecified atom stereocenters. The summed E-state index contributed by atoms with van der Waals surface area (Å²) in [4.78, 5) is 62.6. The quantitative estimate of drug-likeness (QED) is 0.0800. The van der Waals surface area contributed by atoms with Gasteiger partial charge in [-0.2, -0.15) is 0 Å². The molecule has 0 spiro atoms. The third-order valence-electron chi connectivity index (χ3n) is 8.49. The van der Waals surface area contributed by atoms with Gasteiger partial charge in [-0.25, -0.2) is 8.78 Å². The van der Waals surface area contributed by atoms with Crippen LogP contribution in [0.3, 0.4) is 0 Å². The van der Waals surface area contributed by atoms with Crippen molar-refractivity contribution in [3.63, 3.8) is 0 Å². The number of hydrogen-bond donors (Lipinski definition) is 4. The molecule has 12 nitrogen and oxygen atoms in total.